The molecule has 0 atom stereocenters. The van der Waals surface area contributed by atoms with Crippen LogP contribution in [-0.4, -0.2) is 0 Å². The van der Waals surface area contributed by atoms with Gasteiger partial charge >= 0.3 is 0 Å². The maximum Gasteiger partial charge on any atom is 0.0968 e. The highest BCUT2D eigenvalue weighted by atomic mass is 19.1. The van der Waals surface area contributed by atoms with Gasteiger partial charge in [0.25, 0.3) is 0 Å². The van der Waals surface area contributed by atoms with Gasteiger partial charge in [0.2, 0.25) is 0 Å². The van der Waals surface area contributed by atoms with E-state index in [1.54, 1.807) is 6.08 Å². The van der Waals surface area contributed by atoms with Crippen LogP contribution in [-0.2, 0) is 0 Å². The molecule has 0 heterocycles. The molecule has 0 nitrogen and oxygen atoms in total. The molecule has 0 spiro atoms. The van der Waals surface area contributed by atoms with Crippen LogP contribution in [0.15, 0.2) is 23.6 Å². The molecule has 74 valence electrons. The topological polar surface area (TPSA) is 0 Å². The first-order valence-electron chi connectivity index (χ1n) is 4.60. The summed E-state index contributed by atoms with van der Waals surface area (Å²) in [6.45, 7) is 13.3. The summed E-state index contributed by atoms with van der Waals surface area (Å²) in [5, 5.41) is 0. The average molecular weight is 174 g/mol. The van der Waals surface area contributed by atoms with Crippen LogP contribution in [0.25, 0.3) is 0 Å². The van der Waals surface area contributed by atoms with Crippen LogP contribution in [0.1, 0.15) is 48.5 Å². The number of rotatable bonds is 1. The van der Waals surface area contributed by atoms with Gasteiger partial charge in [-0.15, -0.1) is 0 Å². The molecule has 0 rings (SSSR count). The Kier molecular flexibility index (Phi) is 24.5. The summed E-state index contributed by atoms with van der Waals surface area (Å²) in [7, 11) is 0. The molecule has 0 aliphatic rings. The Morgan fingerprint density at radius 3 is 1.25 bits per heavy atom. The number of hydrogen-bond donors (Lipinski definition) is 0. The smallest absolute Gasteiger partial charge is 0.0968 e. The Morgan fingerprint density at radius 2 is 1.17 bits per heavy atom. The Labute approximate surface area is 77.2 Å². The molecule has 0 N–H and O–H groups in total. The van der Waals surface area contributed by atoms with E-state index < -0.39 is 0 Å². The van der Waals surface area contributed by atoms with Crippen molar-refractivity contribution in [3.63, 3.8) is 0 Å². The first-order chi connectivity index (χ1) is 5.63. The van der Waals surface area contributed by atoms with Crippen LogP contribution in [0.4, 0.5) is 4.39 Å². The molecule has 0 aromatic rings. The minimum atomic E-state index is -0.147. The molecule has 1 heteroatoms. The number of halogens is 1. The highest BCUT2D eigenvalue weighted by Crippen LogP contribution is 1.95. The zero-order chi connectivity index (χ0) is 10.6. The van der Waals surface area contributed by atoms with Gasteiger partial charge < -0.3 is 0 Å². The van der Waals surface area contributed by atoms with E-state index in [4.69, 9.17) is 0 Å². The summed E-state index contributed by atoms with van der Waals surface area (Å²) in [6, 6.07) is 0. The van der Waals surface area contributed by atoms with Gasteiger partial charge in [-0.2, -0.15) is 0 Å². The van der Waals surface area contributed by atoms with Crippen molar-refractivity contribution in [2.45, 2.75) is 48.5 Å². The molecule has 0 amide bonds. The van der Waals surface area contributed by atoms with E-state index in [0.717, 1.165) is 5.57 Å². The van der Waals surface area contributed by atoms with Crippen molar-refractivity contribution in [2.75, 3.05) is 0 Å². The standard InChI is InChI=1S/C7H11F.2C2H6/c1-6(2)4-5-7(3)8;2*1-2/h4-5H,1-3H3;2*1-2H3/b7-5+;;. The average Bonchev–Trinajstić information content (AvgIpc) is 2.08. The van der Waals surface area contributed by atoms with Gasteiger partial charge in [-0.3, -0.25) is 0 Å². The fourth-order valence-electron chi connectivity index (χ4n) is 0.281. The second-order valence-electron chi connectivity index (χ2n) is 2.00. The maximum atomic E-state index is 11.9. The molecular weight excluding hydrogens is 151 g/mol. The van der Waals surface area contributed by atoms with Crippen LogP contribution in [0.2, 0.25) is 0 Å². The highest BCUT2D eigenvalue weighted by Gasteiger charge is 1.75. The van der Waals surface area contributed by atoms with Crippen molar-refractivity contribution < 1.29 is 4.39 Å². The molecule has 12 heavy (non-hydrogen) atoms. The summed E-state index contributed by atoms with van der Waals surface area (Å²) in [4.78, 5) is 0. The van der Waals surface area contributed by atoms with Crippen LogP contribution >= 0.6 is 0 Å². The first-order valence-corrected chi connectivity index (χ1v) is 4.60. The van der Waals surface area contributed by atoms with Crippen molar-refractivity contribution in [1.82, 2.24) is 0 Å². The minimum absolute atomic E-state index is 0.147. The lowest BCUT2D eigenvalue weighted by Crippen LogP contribution is -1.61. The fraction of sp³-hybridized carbons (Fsp3) is 0.636. The molecule has 0 bridgehead atoms. The Balaban J connectivity index is -0.000000175. The van der Waals surface area contributed by atoms with Crippen molar-refractivity contribution in [3.05, 3.63) is 23.6 Å². The van der Waals surface area contributed by atoms with E-state index in [9.17, 15) is 4.39 Å². The van der Waals surface area contributed by atoms with Crippen molar-refractivity contribution >= 4 is 0 Å². The monoisotopic (exact) mass is 174 g/mol. The van der Waals surface area contributed by atoms with Gasteiger partial charge in [-0.1, -0.05) is 39.3 Å². The summed E-state index contributed by atoms with van der Waals surface area (Å²) in [5.41, 5.74) is 1.11. The molecule has 0 aromatic carbocycles. The van der Waals surface area contributed by atoms with Gasteiger partial charge in [0, 0.05) is 0 Å². The lowest BCUT2D eigenvalue weighted by molar-refractivity contribution is 0.640. The summed E-state index contributed by atoms with van der Waals surface area (Å²) >= 11 is 0. The normalized spacial score (nSPS) is 8.50. The molecule has 0 aromatic heterocycles. The fourth-order valence-corrected chi connectivity index (χ4v) is 0.281. The van der Waals surface area contributed by atoms with E-state index in [-0.39, 0.29) is 5.83 Å². The van der Waals surface area contributed by atoms with Gasteiger partial charge in [-0.25, -0.2) is 4.39 Å². The third-order valence-electron chi connectivity index (χ3n) is 0.646. The van der Waals surface area contributed by atoms with Gasteiger partial charge in [0.1, 0.15) is 0 Å². The van der Waals surface area contributed by atoms with E-state index in [1.807, 2.05) is 41.5 Å². The lowest BCUT2D eigenvalue weighted by atomic mass is 10.3. The number of hydrogen-bond acceptors (Lipinski definition) is 0. The predicted molar refractivity (Wildman–Crippen MR) is 57.0 cm³/mol. The Morgan fingerprint density at radius 1 is 0.833 bits per heavy atom. The second-order valence-corrected chi connectivity index (χ2v) is 2.00. The Bertz CT molecular complexity index is 97.0. The predicted octanol–water partition coefficient (Wildman–Crippen LogP) is 4.88. The van der Waals surface area contributed by atoms with Gasteiger partial charge in [0.05, 0.1) is 5.83 Å². The highest BCUT2D eigenvalue weighted by molar-refractivity contribution is 5.09. The molecule has 0 saturated heterocycles. The first kappa shape index (κ1) is 17.5. The molecule has 0 aliphatic carbocycles. The van der Waals surface area contributed by atoms with E-state index in [0.29, 0.717) is 0 Å². The van der Waals surface area contributed by atoms with Crippen molar-refractivity contribution in [3.8, 4) is 0 Å². The van der Waals surface area contributed by atoms with Gasteiger partial charge in [-0.05, 0) is 26.8 Å². The minimum Gasteiger partial charge on any atom is -0.212 e. The summed E-state index contributed by atoms with van der Waals surface area (Å²) in [6.07, 6.45) is 3.20. The summed E-state index contributed by atoms with van der Waals surface area (Å²) in [5.74, 6) is -0.147. The van der Waals surface area contributed by atoms with E-state index in [1.165, 1.54) is 13.0 Å². The van der Waals surface area contributed by atoms with Crippen LogP contribution in [0.3, 0.4) is 0 Å². The lowest BCUT2D eigenvalue weighted by Gasteiger charge is -1.81. The largest absolute Gasteiger partial charge is 0.212 e. The third kappa shape index (κ3) is 34.2. The molecule has 0 radical (unpaired) electrons. The zero-order valence-electron chi connectivity index (χ0n) is 9.53. The maximum absolute atomic E-state index is 11.9. The molecule has 0 aliphatic heterocycles. The van der Waals surface area contributed by atoms with Gasteiger partial charge in [0.15, 0.2) is 0 Å². The van der Waals surface area contributed by atoms with Crippen molar-refractivity contribution in [2.24, 2.45) is 0 Å². The quantitative estimate of drug-likeness (QED) is 0.497. The second kappa shape index (κ2) is 16.8. The molecule has 0 unspecified atom stereocenters. The summed E-state index contributed by atoms with van der Waals surface area (Å²) < 4.78 is 11.9. The zero-order valence-corrected chi connectivity index (χ0v) is 9.53. The molecule has 0 fully saturated rings. The van der Waals surface area contributed by atoms with Crippen LogP contribution < -0.4 is 0 Å². The number of allylic oxidation sites excluding steroid dienone is 4. The molecular formula is C11H23F. The van der Waals surface area contributed by atoms with E-state index >= 15 is 0 Å². The molecule has 0 saturated carbocycles. The SMILES string of the molecule is CC.CC.CC(C)=C/C=C(\C)F. The Hall–Kier alpha value is -0.590. The van der Waals surface area contributed by atoms with Crippen LogP contribution in [0.5, 0.6) is 0 Å². The van der Waals surface area contributed by atoms with E-state index in [2.05, 4.69) is 0 Å². The van der Waals surface area contributed by atoms with Crippen molar-refractivity contribution in [1.29, 1.82) is 0 Å². The third-order valence-corrected chi connectivity index (χ3v) is 0.646. The van der Waals surface area contributed by atoms with Crippen LogP contribution in [0, 0.1) is 0 Å².